The van der Waals surface area contributed by atoms with E-state index in [1.165, 1.54) is 0 Å². The SMILES string of the molecule is CCCC[NH+](CC(=O)Nc1cccnc1Cl)Cc1nc2ccccc2c(=O)[nH]1. The molecule has 2 heterocycles. The number of amides is 1. The summed E-state index contributed by atoms with van der Waals surface area (Å²) in [6, 6.07) is 10.7. The van der Waals surface area contributed by atoms with Crippen LogP contribution in [0.4, 0.5) is 5.69 Å². The lowest BCUT2D eigenvalue weighted by atomic mass is 10.2. The van der Waals surface area contributed by atoms with Gasteiger partial charge in [-0.2, -0.15) is 0 Å². The second-order valence-electron chi connectivity index (χ2n) is 6.63. The summed E-state index contributed by atoms with van der Waals surface area (Å²) in [5.41, 5.74) is 0.978. The summed E-state index contributed by atoms with van der Waals surface area (Å²) in [5, 5.41) is 3.61. The number of carbonyl (C=O) groups excluding carboxylic acids is 1. The first-order valence-electron chi connectivity index (χ1n) is 9.28. The van der Waals surface area contributed by atoms with Gasteiger partial charge in [-0.3, -0.25) is 9.59 Å². The van der Waals surface area contributed by atoms with Crippen LogP contribution in [0.2, 0.25) is 5.15 Å². The van der Waals surface area contributed by atoms with E-state index >= 15 is 0 Å². The number of halogens is 1. The zero-order chi connectivity index (χ0) is 19.9. The van der Waals surface area contributed by atoms with E-state index < -0.39 is 0 Å². The van der Waals surface area contributed by atoms with Crippen LogP contribution in [0, 0.1) is 0 Å². The van der Waals surface area contributed by atoms with E-state index in [4.69, 9.17) is 11.6 Å². The van der Waals surface area contributed by atoms with E-state index in [1.54, 1.807) is 24.4 Å². The number of pyridine rings is 1. The maximum Gasteiger partial charge on any atom is 0.279 e. The molecule has 3 aromatic rings. The molecule has 1 aromatic carbocycles. The molecule has 3 rings (SSSR count). The number of H-pyrrole nitrogens is 1. The maximum absolute atomic E-state index is 12.5. The van der Waals surface area contributed by atoms with Crippen molar-refractivity contribution in [2.75, 3.05) is 18.4 Å². The van der Waals surface area contributed by atoms with Crippen LogP contribution < -0.4 is 15.8 Å². The third-order valence-electron chi connectivity index (χ3n) is 4.41. The summed E-state index contributed by atoms with van der Waals surface area (Å²) in [6.07, 6.45) is 3.55. The topological polar surface area (TPSA) is 92.2 Å². The fourth-order valence-corrected chi connectivity index (χ4v) is 3.19. The molecule has 0 bridgehead atoms. The molecule has 0 fully saturated rings. The summed E-state index contributed by atoms with van der Waals surface area (Å²) < 4.78 is 0. The lowest BCUT2D eigenvalue weighted by Crippen LogP contribution is -3.12. The van der Waals surface area contributed by atoms with Gasteiger partial charge in [0, 0.05) is 6.20 Å². The summed E-state index contributed by atoms with van der Waals surface area (Å²) in [7, 11) is 0. The first-order chi connectivity index (χ1) is 13.6. The van der Waals surface area contributed by atoms with E-state index in [9.17, 15) is 9.59 Å². The predicted octanol–water partition coefficient (Wildman–Crippen LogP) is 1.80. The number of aromatic nitrogens is 3. The first-order valence-corrected chi connectivity index (χ1v) is 9.66. The Bertz CT molecular complexity index is 1020. The van der Waals surface area contributed by atoms with Crippen LogP contribution in [0.3, 0.4) is 0 Å². The van der Waals surface area contributed by atoms with Gasteiger partial charge in [-0.15, -0.1) is 0 Å². The van der Waals surface area contributed by atoms with Crippen molar-refractivity contribution < 1.29 is 9.69 Å². The smallest absolute Gasteiger partial charge is 0.279 e. The summed E-state index contributed by atoms with van der Waals surface area (Å²) in [6.45, 7) is 3.58. The Labute approximate surface area is 167 Å². The highest BCUT2D eigenvalue weighted by Gasteiger charge is 2.17. The van der Waals surface area contributed by atoms with Crippen molar-refractivity contribution in [1.82, 2.24) is 15.0 Å². The van der Waals surface area contributed by atoms with Crippen LogP contribution in [0.15, 0.2) is 47.4 Å². The monoisotopic (exact) mass is 400 g/mol. The molecule has 0 aliphatic rings. The van der Waals surface area contributed by atoms with Gasteiger partial charge >= 0.3 is 0 Å². The largest absolute Gasteiger partial charge is 0.321 e. The molecular formula is C20H23ClN5O2+. The van der Waals surface area contributed by atoms with Gasteiger partial charge in [0.05, 0.1) is 23.1 Å². The molecule has 0 radical (unpaired) electrons. The number of carbonyl (C=O) groups is 1. The third-order valence-corrected chi connectivity index (χ3v) is 4.71. The number of hydrogen-bond acceptors (Lipinski definition) is 4. The van der Waals surface area contributed by atoms with Gasteiger partial charge in [-0.25, -0.2) is 9.97 Å². The van der Waals surface area contributed by atoms with Gasteiger partial charge in [0.1, 0.15) is 6.54 Å². The molecule has 1 unspecified atom stereocenters. The highest BCUT2D eigenvalue weighted by Crippen LogP contribution is 2.16. The minimum absolute atomic E-state index is 0.163. The van der Waals surface area contributed by atoms with Crippen LogP contribution in [0.5, 0.6) is 0 Å². The van der Waals surface area contributed by atoms with Crippen LogP contribution >= 0.6 is 11.6 Å². The number of anilines is 1. The Morgan fingerprint density at radius 2 is 2.07 bits per heavy atom. The molecule has 1 amide bonds. The molecule has 0 aliphatic carbocycles. The standard InChI is InChI=1S/C20H22ClN5O2/c1-2-3-11-26(13-18(27)24-16-9-6-10-22-19(16)21)12-17-23-15-8-5-4-7-14(15)20(28)25-17/h4-10H,2-3,11-13H2,1H3,(H,24,27)(H,23,25,28)/p+1. The number of benzene rings is 1. The van der Waals surface area contributed by atoms with Gasteiger partial charge < -0.3 is 15.2 Å². The molecule has 0 spiro atoms. The number of aromatic amines is 1. The van der Waals surface area contributed by atoms with E-state index in [0.717, 1.165) is 24.3 Å². The van der Waals surface area contributed by atoms with Crippen molar-refractivity contribution in [3.63, 3.8) is 0 Å². The lowest BCUT2D eigenvalue weighted by molar-refractivity contribution is -0.906. The number of rotatable bonds is 8. The fourth-order valence-electron chi connectivity index (χ4n) is 3.02. The number of nitrogens with one attached hydrogen (secondary N) is 3. The van der Waals surface area contributed by atoms with Crippen molar-refractivity contribution in [3.05, 3.63) is 63.9 Å². The predicted molar refractivity (Wildman–Crippen MR) is 110 cm³/mol. The quantitative estimate of drug-likeness (QED) is 0.503. The minimum Gasteiger partial charge on any atom is -0.321 e. The van der Waals surface area contributed by atoms with Crippen molar-refractivity contribution >= 4 is 34.1 Å². The number of para-hydroxylation sites is 1. The van der Waals surface area contributed by atoms with Crippen LogP contribution in [0.25, 0.3) is 10.9 Å². The second-order valence-corrected chi connectivity index (χ2v) is 6.98. The molecule has 2 aromatic heterocycles. The zero-order valence-corrected chi connectivity index (χ0v) is 16.4. The van der Waals surface area contributed by atoms with Crippen molar-refractivity contribution in [2.24, 2.45) is 0 Å². The molecule has 0 saturated heterocycles. The number of nitrogens with zero attached hydrogens (tertiary/aromatic N) is 2. The Morgan fingerprint density at radius 1 is 1.25 bits per heavy atom. The fraction of sp³-hybridized carbons (Fsp3) is 0.300. The third kappa shape index (κ3) is 5.15. The van der Waals surface area contributed by atoms with Crippen LogP contribution in [0.1, 0.15) is 25.6 Å². The second kappa shape index (κ2) is 9.43. The average Bonchev–Trinajstić information content (AvgIpc) is 2.68. The first kappa shape index (κ1) is 20.0. The molecule has 146 valence electrons. The molecule has 1 atom stereocenters. The van der Waals surface area contributed by atoms with Gasteiger partial charge in [0.25, 0.3) is 11.5 Å². The summed E-state index contributed by atoms with van der Waals surface area (Å²) in [5.74, 6) is 0.408. The van der Waals surface area contributed by atoms with E-state index in [-0.39, 0.29) is 23.2 Å². The van der Waals surface area contributed by atoms with E-state index in [0.29, 0.717) is 29.0 Å². The number of quaternary nitrogens is 1. The van der Waals surface area contributed by atoms with Gasteiger partial charge in [0.2, 0.25) is 0 Å². The maximum atomic E-state index is 12.5. The number of hydrogen-bond donors (Lipinski definition) is 3. The molecule has 0 aliphatic heterocycles. The van der Waals surface area contributed by atoms with Gasteiger partial charge in [-0.1, -0.05) is 37.1 Å². The Morgan fingerprint density at radius 3 is 2.86 bits per heavy atom. The van der Waals surface area contributed by atoms with Crippen molar-refractivity contribution in [3.8, 4) is 0 Å². The Balaban J connectivity index is 1.74. The number of unbranched alkanes of at least 4 members (excludes halogenated alkanes) is 1. The molecule has 8 heteroatoms. The number of fused-ring (bicyclic) bond motifs is 1. The van der Waals surface area contributed by atoms with Crippen molar-refractivity contribution in [2.45, 2.75) is 26.3 Å². The van der Waals surface area contributed by atoms with Crippen molar-refractivity contribution in [1.29, 1.82) is 0 Å². The summed E-state index contributed by atoms with van der Waals surface area (Å²) in [4.78, 5) is 37.1. The Kier molecular flexibility index (Phi) is 6.73. The van der Waals surface area contributed by atoms with E-state index in [2.05, 4.69) is 27.2 Å². The summed E-state index contributed by atoms with van der Waals surface area (Å²) >= 11 is 6.01. The molecule has 28 heavy (non-hydrogen) atoms. The zero-order valence-electron chi connectivity index (χ0n) is 15.7. The highest BCUT2D eigenvalue weighted by molar-refractivity contribution is 6.32. The lowest BCUT2D eigenvalue weighted by Gasteiger charge is -2.18. The molecular weight excluding hydrogens is 378 g/mol. The highest BCUT2D eigenvalue weighted by atomic mass is 35.5. The van der Waals surface area contributed by atoms with Crippen LogP contribution in [-0.2, 0) is 11.3 Å². The molecule has 0 saturated carbocycles. The Hall–Kier alpha value is -2.77. The molecule has 3 N–H and O–H groups in total. The van der Waals surface area contributed by atoms with Crippen LogP contribution in [-0.4, -0.2) is 33.9 Å². The van der Waals surface area contributed by atoms with Gasteiger partial charge in [0.15, 0.2) is 17.5 Å². The van der Waals surface area contributed by atoms with Gasteiger partial charge in [-0.05, 0) is 30.7 Å². The average molecular weight is 401 g/mol. The normalized spacial score (nSPS) is 12.1. The van der Waals surface area contributed by atoms with E-state index in [1.807, 2.05) is 18.2 Å². The minimum atomic E-state index is -0.165. The molecule has 7 nitrogen and oxygen atoms in total.